The number of imide groups is 1. The molecular formula is C26H28FN3O4S. The van der Waals surface area contributed by atoms with Crippen molar-refractivity contribution in [2.45, 2.75) is 58.5 Å². The van der Waals surface area contributed by atoms with Crippen LogP contribution in [0, 0.1) is 15.9 Å². The van der Waals surface area contributed by atoms with E-state index in [0.717, 1.165) is 47.3 Å². The molecule has 2 amide bonds. The number of carbonyl (C=O) groups excluding carboxylic acids is 2. The van der Waals surface area contributed by atoms with E-state index in [1.165, 1.54) is 24.3 Å². The van der Waals surface area contributed by atoms with E-state index in [4.69, 9.17) is 0 Å². The highest BCUT2D eigenvalue weighted by molar-refractivity contribution is 8.18. The van der Waals surface area contributed by atoms with Crippen molar-refractivity contribution in [3.8, 4) is 0 Å². The van der Waals surface area contributed by atoms with E-state index in [1.54, 1.807) is 18.2 Å². The Hall–Kier alpha value is -3.20. The summed E-state index contributed by atoms with van der Waals surface area (Å²) in [5, 5.41) is 10.5. The van der Waals surface area contributed by atoms with Gasteiger partial charge in [-0.2, -0.15) is 0 Å². The molecule has 2 aliphatic heterocycles. The number of benzene rings is 2. The summed E-state index contributed by atoms with van der Waals surface area (Å²) in [7, 11) is 0. The summed E-state index contributed by atoms with van der Waals surface area (Å²) in [5.74, 6) is -0.768. The Morgan fingerprint density at radius 3 is 2.69 bits per heavy atom. The highest BCUT2D eigenvalue weighted by atomic mass is 32.2. The number of non-ortho nitro benzene ring substituents is 1. The SMILES string of the molecule is CCCN1c2cc(F)c(/C=C3/SC(=O)N(Cc4cccc([N+](=O)[O-])c4)C3=O)cc2C(C)CC1(C)C. The number of fused-ring (bicyclic) bond motifs is 1. The van der Waals surface area contributed by atoms with E-state index in [2.05, 4.69) is 32.6 Å². The first kappa shape index (κ1) is 24.9. The molecule has 0 bridgehead atoms. The van der Waals surface area contributed by atoms with Gasteiger partial charge in [0.05, 0.1) is 16.4 Å². The lowest BCUT2D eigenvalue weighted by Gasteiger charge is -2.47. The van der Waals surface area contributed by atoms with Crippen molar-refractivity contribution in [1.29, 1.82) is 0 Å². The zero-order valence-corrected chi connectivity index (χ0v) is 21.0. The smallest absolute Gasteiger partial charge is 0.293 e. The standard InChI is InChI=1S/C26H28FN3O4S/c1-5-9-29-22-13-21(27)18(11-20(22)16(2)14-26(29,3)4)12-23-24(31)28(25(32)35-23)15-17-7-6-8-19(10-17)30(33)34/h6-8,10-13,16H,5,9,14-15H2,1-4H3/b23-12+. The van der Waals surface area contributed by atoms with E-state index in [-0.39, 0.29) is 34.2 Å². The van der Waals surface area contributed by atoms with Crippen LogP contribution in [0.4, 0.5) is 20.6 Å². The van der Waals surface area contributed by atoms with Gasteiger partial charge in [-0.1, -0.05) is 26.0 Å². The zero-order chi connectivity index (χ0) is 25.5. The predicted octanol–water partition coefficient (Wildman–Crippen LogP) is 6.47. The Balaban J connectivity index is 1.63. The third-order valence-electron chi connectivity index (χ3n) is 6.57. The largest absolute Gasteiger partial charge is 0.366 e. The van der Waals surface area contributed by atoms with E-state index in [0.29, 0.717) is 5.56 Å². The van der Waals surface area contributed by atoms with Gasteiger partial charge in [-0.25, -0.2) is 4.39 Å². The summed E-state index contributed by atoms with van der Waals surface area (Å²) >= 11 is 0.749. The lowest BCUT2D eigenvalue weighted by Crippen LogP contribution is -2.48. The summed E-state index contributed by atoms with van der Waals surface area (Å²) in [6.07, 6.45) is 3.30. The van der Waals surface area contributed by atoms with Crippen molar-refractivity contribution in [1.82, 2.24) is 4.90 Å². The molecule has 0 saturated carbocycles. The molecule has 1 saturated heterocycles. The number of thioether (sulfide) groups is 1. The van der Waals surface area contributed by atoms with Crippen LogP contribution in [0.1, 0.15) is 63.1 Å². The maximum absolute atomic E-state index is 15.3. The van der Waals surface area contributed by atoms with Gasteiger partial charge in [-0.05, 0) is 73.7 Å². The molecule has 2 heterocycles. The topological polar surface area (TPSA) is 83.8 Å². The average Bonchev–Trinajstić information content (AvgIpc) is 3.05. The fraction of sp³-hybridized carbons (Fsp3) is 0.385. The Bertz CT molecular complexity index is 1240. The van der Waals surface area contributed by atoms with Gasteiger partial charge in [-0.3, -0.25) is 24.6 Å². The summed E-state index contributed by atoms with van der Waals surface area (Å²) in [4.78, 5) is 39.5. The number of nitrogens with zero attached hydrogens (tertiary/aromatic N) is 3. The molecule has 2 aromatic rings. The van der Waals surface area contributed by atoms with Crippen LogP contribution >= 0.6 is 11.8 Å². The molecule has 1 atom stereocenters. The van der Waals surface area contributed by atoms with Crippen LogP contribution in [0.25, 0.3) is 6.08 Å². The van der Waals surface area contributed by atoms with E-state index in [9.17, 15) is 19.7 Å². The molecule has 4 rings (SSSR count). The lowest BCUT2D eigenvalue weighted by atomic mass is 9.79. The second-order valence-corrected chi connectivity index (χ2v) is 10.7. The van der Waals surface area contributed by atoms with Crippen LogP contribution < -0.4 is 4.90 Å². The fourth-order valence-corrected chi connectivity index (χ4v) is 5.84. The van der Waals surface area contributed by atoms with Gasteiger partial charge in [0.2, 0.25) is 0 Å². The highest BCUT2D eigenvalue weighted by Crippen LogP contribution is 2.45. The summed E-state index contributed by atoms with van der Waals surface area (Å²) in [6, 6.07) is 9.15. The van der Waals surface area contributed by atoms with E-state index in [1.807, 2.05) is 0 Å². The molecule has 0 radical (unpaired) electrons. The van der Waals surface area contributed by atoms with Gasteiger partial charge in [0.1, 0.15) is 5.82 Å². The van der Waals surface area contributed by atoms with Crippen molar-refractivity contribution < 1.29 is 18.9 Å². The van der Waals surface area contributed by atoms with Crippen LogP contribution in [0.5, 0.6) is 0 Å². The average molecular weight is 498 g/mol. The lowest BCUT2D eigenvalue weighted by molar-refractivity contribution is -0.384. The Kier molecular flexibility index (Phi) is 6.73. The first-order chi connectivity index (χ1) is 16.5. The van der Waals surface area contributed by atoms with Gasteiger partial charge in [0, 0.05) is 35.5 Å². The molecular weight excluding hydrogens is 469 g/mol. The molecule has 0 spiro atoms. The third kappa shape index (κ3) is 4.82. The van der Waals surface area contributed by atoms with Gasteiger partial charge < -0.3 is 4.90 Å². The van der Waals surface area contributed by atoms with Crippen molar-refractivity contribution in [3.63, 3.8) is 0 Å². The van der Waals surface area contributed by atoms with Crippen molar-refractivity contribution in [2.24, 2.45) is 0 Å². The summed E-state index contributed by atoms with van der Waals surface area (Å²) in [6.45, 7) is 9.30. The molecule has 35 heavy (non-hydrogen) atoms. The monoisotopic (exact) mass is 497 g/mol. The van der Waals surface area contributed by atoms with Crippen LogP contribution in [0.2, 0.25) is 0 Å². The number of carbonyl (C=O) groups is 2. The molecule has 1 fully saturated rings. The predicted molar refractivity (Wildman–Crippen MR) is 136 cm³/mol. The molecule has 0 aliphatic carbocycles. The molecule has 1 unspecified atom stereocenters. The third-order valence-corrected chi connectivity index (χ3v) is 7.48. The Morgan fingerprint density at radius 2 is 2.00 bits per heavy atom. The van der Waals surface area contributed by atoms with Crippen molar-refractivity contribution in [2.75, 3.05) is 11.4 Å². The molecule has 0 N–H and O–H groups in total. The number of nitro benzene ring substituents is 1. The molecule has 2 aliphatic rings. The summed E-state index contributed by atoms with van der Waals surface area (Å²) < 4.78 is 15.3. The molecule has 184 valence electrons. The van der Waals surface area contributed by atoms with Gasteiger partial charge in [0.15, 0.2) is 0 Å². The van der Waals surface area contributed by atoms with Gasteiger partial charge in [-0.15, -0.1) is 0 Å². The van der Waals surface area contributed by atoms with Crippen LogP contribution in [0.15, 0.2) is 41.3 Å². The van der Waals surface area contributed by atoms with Crippen molar-refractivity contribution >= 4 is 40.4 Å². The summed E-state index contributed by atoms with van der Waals surface area (Å²) in [5.41, 5.74) is 2.44. The number of halogens is 1. The Labute approximate surface area is 208 Å². The second kappa shape index (κ2) is 9.45. The quantitative estimate of drug-likeness (QED) is 0.258. The van der Waals surface area contributed by atoms with E-state index >= 15 is 4.39 Å². The second-order valence-electron chi connectivity index (χ2n) is 9.70. The minimum absolute atomic E-state index is 0.0888. The zero-order valence-electron chi connectivity index (χ0n) is 20.2. The van der Waals surface area contributed by atoms with Gasteiger partial charge >= 0.3 is 0 Å². The van der Waals surface area contributed by atoms with Crippen molar-refractivity contribution in [3.05, 3.63) is 73.9 Å². The number of nitro groups is 1. The normalized spacial score (nSPS) is 20.5. The molecule has 7 nitrogen and oxygen atoms in total. The first-order valence-corrected chi connectivity index (χ1v) is 12.4. The van der Waals surface area contributed by atoms with Crippen LogP contribution in [-0.2, 0) is 11.3 Å². The van der Waals surface area contributed by atoms with E-state index < -0.39 is 21.9 Å². The first-order valence-electron chi connectivity index (χ1n) is 11.6. The number of amides is 2. The molecule has 0 aromatic heterocycles. The number of hydrogen-bond donors (Lipinski definition) is 0. The minimum Gasteiger partial charge on any atom is -0.366 e. The number of anilines is 1. The minimum atomic E-state index is -0.537. The number of hydrogen-bond acceptors (Lipinski definition) is 6. The number of rotatable bonds is 6. The fourth-order valence-electron chi connectivity index (χ4n) is 5.01. The maximum atomic E-state index is 15.3. The van der Waals surface area contributed by atoms with Crippen LogP contribution in [-0.4, -0.2) is 33.1 Å². The highest BCUT2D eigenvalue weighted by Gasteiger charge is 2.38. The molecule has 2 aromatic carbocycles. The Morgan fingerprint density at radius 1 is 1.26 bits per heavy atom. The maximum Gasteiger partial charge on any atom is 0.293 e. The van der Waals surface area contributed by atoms with Gasteiger partial charge in [0.25, 0.3) is 16.8 Å². The van der Waals surface area contributed by atoms with Crippen LogP contribution in [0.3, 0.4) is 0 Å². The molecule has 9 heteroatoms.